The molecule has 3 rings (SSSR count). The van der Waals surface area contributed by atoms with E-state index in [9.17, 15) is 0 Å². The van der Waals surface area contributed by atoms with Crippen LogP contribution in [0, 0.1) is 13.8 Å². The molecule has 1 aromatic carbocycles. The number of hydrogen-bond acceptors (Lipinski definition) is 3. The standard InChI is InChI=1S/C22H34N6.HI/c1-17-14-18(2)16-19(15-17)10-12-25-22(23-3)24-11-7-9-21-27-26-20-8-5-4-6-13-28(20)21;/h14-16H,4-13H2,1-3H3,(H2,23,24,25);1H. The van der Waals surface area contributed by atoms with Crippen LogP contribution < -0.4 is 10.6 Å². The van der Waals surface area contributed by atoms with E-state index >= 15 is 0 Å². The summed E-state index contributed by atoms with van der Waals surface area (Å²) >= 11 is 0. The van der Waals surface area contributed by atoms with E-state index in [-0.39, 0.29) is 24.0 Å². The number of halogens is 1. The van der Waals surface area contributed by atoms with Gasteiger partial charge in [-0.05, 0) is 45.1 Å². The van der Waals surface area contributed by atoms with Gasteiger partial charge in [-0.15, -0.1) is 34.2 Å². The summed E-state index contributed by atoms with van der Waals surface area (Å²) < 4.78 is 2.34. The Morgan fingerprint density at radius 2 is 1.76 bits per heavy atom. The lowest BCUT2D eigenvalue weighted by Gasteiger charge is -2.12. The average Bonchev–Trinajstić information content (AvgIpc) is 2.89. The first-order valence-electron chi connectivity index (χ1n) is 10.6. The summed E-state index contributed by atoms with van der Waals surface area (Å²) in [5, 5.41) is 15.6. The molecule has 2 heterocycles. The molecule has 0 radical (unpaired) electrons. The second-order valence-corrected chi connectivity index (χ2v) is 7.77. The SMILES string of the molecule is CN=C(NCCCc1nnc2n1CCCCC2)NCCc1cc(C)cc(C)c1.I. The zero-order valence-corrected chi connectivity index (χ0v) is 20.3. The maximum atomic E-state index is 4.41. The number of aliphatic imine (C=N–C) groups is 1. The third kappa shape index (κ3) is 7.28. The predicted molar refractivity (Wildman–Crippen MR) is 130 cm³/mol. The van der Waals surface area contributed by atoms with Crippen LogP contribution in [0.1, 0.15) is 54.0 Å². The molecule has 1 aliphatic rings. The van der Waals surface area contributed by atoms with Crippen LogP contribution in [0.4, 0.5) is 0 Å². The average molecular weight is 510 g/mol. The van der Waals surface area contributed by atoms with Gasteiger partial charge < -0.3 is 15.2 Å². The van der Waals surface area contributed by atoms with Crippen LogP contribution in [0.3, 0.4) is 0 Å². The first-order valence-corrected chi connectivity index (χ1v) is 10.6. The number of aryl methyl sites for hydroxylation is 4. The van der Waals surface area contributed by atoms with Crippen LogP contribution in [-0.4, -0.2) is 40.9 Å². The molecule has 0 saturated carbocycles. The molecule has 0 aliphatic carbocycles. The Morgan fingerprint density at radius 3 is 2.52 bits per heavy atom. The van der Waals surface area contributed by atoms with Gasteiger partial charge in [-0.2, -0.15) is 0 Å². The summed E-state index contributed by atoms with van der Waals surface area (Å²) in [6.45, 7) is 7.13. The quantitative estimate of drug-likeness (QED) is 0.259. The van der Waals surface area contributed by atoms with Crippen molar-refractivity contribution in [1.82, 2.24) is 25.4 Å². The molecule has 0 fully saturated rings. The lowest BCUT2D eigenvalue weighted by Crippen LogP contribution is -2.38. The summed E-state index contributed by atoms with van der Waals surface area (Å²) in [5.74, 6) is 3.17. The topological polar surface area (TPSA) is 67.1 Å². The third-order valence-electron chi connectivity index (χ3n) is 5.27. The van der Waals surface area contributed by atoms with Crippen LogP contribution in [-0.2, 0) is 25.8 Å². The van der Waals surface area contributed by atoms with Gasteiger partial charge in [0.25, 0.3) is 0 Å². The second kappa shape index (κ2) is 12.1. The monoisotopic (exact) mass is 510 g/mol. The molecule has 6 nitrogen and oxygen atoms in total. The van der Waals surface area contributed by atoms with Crippen molar-refractivity contribution >= 4 is 29.9 Å². The summed E-state index contributed by atoms with van der Waals surface area (Å²) in [5.41, 5.74) is 4.01. The minimum atomic E-state index is 0. The Hall–Kier alpha value is -1.64. The lowest BCUT2D eigenvalue weighted by atomic mass is 10.1. The summed E-state index contributed by atoms with van der Waals surface area (Å²) in [7, 11) is 1.82. The highest BCUT2D eigenvalue weighted by Gasteiger charge is 2.14. The van der Waals surface area contributed by atoms with Crippen molar-refractivity contribution in [3.8, 4) is 0 Å². The molecule has 0 unspecified atom stereocenters. The molecule has 0 spiro atoms. The van der Waals surface area contributed by atoms with E-state index in [1.165, 1.54) is 41.8 Å². The number of aromatic nitrogens is 3. The molecule has 1 aliphatic heterocycles. The number of rotatable bonds is 7. The summed E-state index contributed by atoms with van der Waals surface area (Å²) in [4.78, 5) is 4.33. The van der Waals surface area contributed by atoms with E-state index < -0.39 is 0 Å². The fourth-order valence-corrected chi connectivity index (χ4v) is 3.94. The van der Waals surface area contributed by atoms with Gasteiger partial charge in [0.05, 0.1) is 0 Å². The van der Waals surface area contributed by atoms with Gasteiger partial charge in [-0.3, -0.25) is 4.99 Å². The van der Waals surface area contributed by atoms with Crippen molar-refractivity contribution in [1.29, 1.82) is 0 Å². The minimum Gasteiger partial charge on any atom is -0.356 e. The highest BCUT2D eigenvalue weighted by atomic mass is 127. The molecular formula is C22H35IN6. The molecular weight excluding hydrogens is 475 g/mol. The smallest absolute Gasteiger partial charge is 0.190 e. The van der Waals surface area contributed by atoms with Gasteiger partial charge >= 0.3 is 0 Å². The third-order valence-corrected chi connectivity index (χ3v) is 5.27. The molecule has 29 heavy (non-hydrogen) atoms. The molecule has 0 amide bonds. The lowest BCUT2D eigenvalue weighted by molar-refractivity contribution is 0.594. The second-order valence-electron chi connectivity index (χ2n) is 7.77. The van der Waals surface area contributed by atoms with E-state index in [1.807, 2.05) is 7.05 Å². The van der Waals surface area contributed by atoms with Crippen LogP contribution in [0.25, 0.3) is 0 Å². The number of guanidine groups is 1. The van der Waals surface area contributed by atoms with Crippen molar-refractivity contribution in [3.05, 3.63) is 46.5 Å². The number of benzene rings is 1. The largest absolute Gasteiger partial charge is 0.356 e. The molecule has 160 valence electrons. The Labute approximate surface area is 192 Å². The Bertz CT molecular complexity index is 778. The number of hydrogen-bond donors (Lipinski definition) is 2. The van der Waals surface area contributed by atoms with Gasteiger partial charge in [-0.25, -0.2) is 0 Å². The minimum absolute atomic E-state index is 0. The Morgan fingerprint density at radius 1 is 1.00 bits per heavy atom. The molecule has 2 N–H and O–H groups in total. The first-order chi connectivity index (χ1) is 13.7. The van der Waals surface area contributed by atoms with E-state index in [0.717, 1.165) is 57.1 Å². The number of nitrogens with zero attached hydrogens (tertiary/aromatic N) is 4. The van der Waals surface area contributed by atoms with Crippen molar-refractivity contribution in [3.63, 3.8) is 0 Å². The molecule has 0 atom stereocenters. The summed E-state index contributed by atoms with van der Waals surface area (Å²) in [6.07, 6.45) is 7.83. The van der Waals surface area contributed by atoms with Gasteiger partial charge in [0.2, 0.25) is 0 Å². The van der Waals surface area contributed by atoms with Crippen LogP contribution >= 0.6 is 24.0 Å². The van der Waals surface area contributed by atoms with E-state index in [4.69, 9.17) is 0 Å². The molecule has 2 aromatic rings. The van der Waals surface area contributed by atoms with Gasteiger partial charge in [0.15, 0.2) is 5.96 Å². The number of nitrogens with one attached hydrogen (secondary N) is 2. The predicted octanol–water partition coefficient (Wildman–Crippen LogP) is 3.58. The molecule has 1 aromatic heterocycles. The zero-order valence-electron chi connectivity index (χ0n) is 18.0. The van der Waals surface area contributed by atoms with Gasteiger partial charge in [0, 0.05) is 39.5 Å². The van der Waals surface area contributed by atoms with Crippen molar-refractivity contribution in [2.75, 3.05) is 20.1 Å². The van der Waals surface area contributed by atoms with Gasteiger partial charge in [-0.1, -0.05) is 35.7 Å². The van der Waals surface area contributed by atoms with Gasteiger partial charge in [0.1, 0.15) is 11.6 Å². The van der Waals surface area contributed by atoms with Crippen molar-refractivity contribution in [2.45, 2.75) is 65.3 Å². The van der Waals surface area contributed by atoms with E-state index in [0.29, 0.717) is 0 Å². The normalized spacial score (nSPS) is 14.0. The van der Waals surface area contributed by atoms with E-state index in [2.05, 4.69) is 62.4 Å². The highest BCUT2D eigenvalue weighted by Crippen LogP contribution is 2.15. The highest BCUT2D eigenvalue weighted by molar-refractivity contribution is 14.0. The maximum absolute atomic E-state index is 4.41. The fourth-order valence-electron chi connectivity index (χ4n) is 3.94. The first kappa shape index (κ1) is 23.6. The zero-order chi connectivity index (χ0) is 19.8. The number of fused-ring (bicyclic) bond motifs is 1. The maximum Gasteiger partial charge on any atom is 0.190 e. The van der Waals surface area contributed by atoms with Crippen LogP contribution in [0.2, 0.25) is 0 Å². The summed E-state index contributed by atoms with van der Waals surface area (Å²) in [6, 6.07) is 6.73. The van der Waals surface area contributed by atoms with Crippen LogP contribution in [0.15, 0.2) is 23.2 Å². The molecule has 0 saturated heterocycles. The van der Waals surface area contributed by atoms with Crippen molar-refractivity contribution < 1.29 is 0 Å². The Balaban J connectivity index is 0.00000300. The molecule has 7 heteroatoms. The Kier molecular flexibility index (Phi) is 9.90. The van der Waals surface area contributed by atoms with E-state index in [1.54, 1.807) is 0 Å². The van der Waals surface area contributed by atoms with Crippen LogP contribution in [0.5, 0.6) is 0 Å². The molecule has 0 bridgehead atoms. The van der Waals surface area contributed by atoms with Crippen molar-refractivity contribution in [2.24, 2.45) is 4.99 Å². The fraction of sp³-hybridized carbons (Fsp3) is 0.591.